The number of hydrogen-bond acceptors (Lipinski definition) is 6. The number of rotatable bonds is 8. The maximum atomic E-state index is 5.49. The van der Waals surface area contributed by atoms with Gasteiger partial charge in [0.2, 0.25) is 5.75 Å². The normalized spacial score (nSPS) is 14.5. The van der Waals surface area contributed by atoms with Crippen LogP contribution in [0.15, 0.2) is 35.3 Å². The summed E-state index contributed by atoms with van der Waals surface area (Å²) < 4.78 is 16.4. The highest BCUT2D eigenvalue weighted by atomic mass is 127. The Balaban J connectivity index is 0.00000385. The highest BCUT2D eigenvalue weighted by Crippen LogP contribution is 2.38. The van der Waals surface area contributed by atoms with Crippen molar-refractivity contribution in [3.05, 3.63) is 47.3 Å². The number of aliphatic imine (C=N–C) groups is 1. The standard InChI is InChI=1S/C24H35N5O3.HI/c1-6-25-24(26-16-20-9-7-8-18(2)27-20)29-12-10-28(11-13-29)17-19-14-21(30-3)23(32-5)22(15-19)31-4;/h7-9,14-15H,6,10-13,16-17H2,1-5H3,(H,25,26);1H. The molecule has 0 bridgehead atoms. The van der Waals surface area contributed by atoms with E-state index in [1.54, 1.807) is 21.3 Å². The van der Waals surface area contributed by atoms with E-state index in [0.717, 1.165) is 62.2 Å². The highest BCUT2D eigenvalue weighted by Gasteiger charge is 2.21. The Kier molecular flexibility index (Phi) is 11.0. The third-order valence-corrected chi connectivity index (χ3v) is 5.47. The molecule has 1 aromatic heterocycles. The molecular formula is C24H36IN5O3. The highest BCUT2D eigenvalue weighted by molar-refractivity contribution is 14.0. The molecule has 33 heavy (non-hydrogen) atoms. The van der Waals surface area contributed by atoms with Crippen molar-refractivity contribution in [2.24, 2.45) is 4.99 Å². The van der Waals surface area contributed by atoms with E-state index < -0.39 is 0 Å². The largest absolute Gasteiger partial charge is 0.493 e. The van der Waals surface area contributed by atoms with Gasteiger partial charge in [-0.2, -0.15) is 0 Å². The molecule has 0 saturated carbocycles. The number of aromatic nitrogens is 1. The number of benzene rings is 1. The van der Waals surface area contributed by atoms with Gasteiger partial charge < -0.3 is 24.4 Å². The van der Waals surface area contributed by atoms with E-state index in [0.29, 0.717) is 23.8 Å². The Morgan fingerprint density at radius 1 is 1.03 bits per heavy atom. The lowest BCUT2D eigenvalue weighted by Crippen LogP contribution is -2.52. The average molecular weight is 569 g/mol. The first-order valence-corrected chi connectivity index (χ1v) is 11.0. The zero-order chi connectivity index (χ0) is 22.9. The number of hydrogen-bond donors (Lipinski definition) is 1. The SMILES string of the molecule is CCNC(=NCc1cccc(C)n1)N1CCN(Cc2cc(OC)c(OC)c(OC)c2)CC1.I. The van der Waals surface area contributed by atoms with Crippen molar-refractivity contribution in [3.8, 4) is 17.2 Å². The van der Waals surface area contributed by atoms with E-state index >= 15 is 0 Å². The fourth-order valence-corrected chi connectivity index (χ4v) is 3.87. The predicted molar refractivity (Wildman–Crippen MR) is 142 cm³/mol. The first kappa shape index (κ1) is 27.0. The van der Waals surface area contributed by atoms with Gasteiger partial charge in [-0.1, -0.05) is 6.07 Å². The molecule has 1 N–H and O–H groups in total. The number of aryl methyl sites for hydroxylation is 1. The molecule has 0 radical (unpaired) electrons. The Morgan fingerprint density at radius 2 is 1.70 bits per heavy atom. The summed E-state index contributed by atoms with van der Waals surface area (Å²) in [6.07, 6.45) is 0. The molecule has 2 aromatic rings. The molecule has 0 amide bonds. The summed E-state index contributed by atoms with van der Waals surface area (Å²) in [6.45, 7) is 10.1. The fourth-order valence-electron chi connectivity index (χ4n) is 3.87. The quantitative estimate of drug-likeness (QED) is 0.297. The van der Waals surface area contributed by atoms with E-state index in [2.05, 4.69) is 27.0 Å². The molecule has 0 atom stereocenters. The van der Waals surface area contributed by atoms with Crippen LogP contribution in [-0.2, 0) is 13.1 Å². The summed E-state index contributed by atoms with van der Waals surface area (Å²) in [7, 11) is 4.92. The van der Waals surface area contributed by atoms with Gasteiger partial charge in [0, 0.05) is 45.0 Å². The summed E-state index contributed by atoms with van der Waals surface area (Å²) in [6, 6.07) is 10.1. The topological polar surface area (TPSA) is 71.5 Å². The summed E-state index contributed by atoms with van der Waals surface area (Å²) in [5, 5.41) is 3.43. The van der Waals surface area contributed by atoms with Gasteiger partial charge in [0.15, 0.2) is 17.5 Å². The Bertz CT molecular complexity index is 892. The number of ether oxygens (including phenoxy) is 3. The number of piperazine rings is 1. The third kappa shape index (κ3) is 7.36. The van der Waals surface area contributed by atoms with Gasteiger partial charge >= 0.3 is 0 Å². The molecule has 0 unspecified atom stereocenters. The van der Waals surface area contributed by atoms with E-state index in [9.17, 15) is 0 Å². The second-order valence-corrected chi connectivity index (χ2v) is 7.74. The van der Waals surface area contributed by atoms with Crippen molar-refractivity contribution in [1.82, 2.24) is 20.1 Å². The Morgan fingerprint density at radius 3 is 2.24 bits per heavy atom. The number of guanidine groups is 1. The second kappa shape index (κ2) is 13.4. The molecule has 2 heterocycles. The molecule has 0 spiro atoms. The van der Waals surface area contributed by atoms with Crippen LogP contribution in [0.1, 0.15) is 23.9 Å². The van der Waals surface area contributed by atoms with Crippen LogP contribution in [-0.4, -0.2) is 74.8 Å². The third-order valence-electron chi connectivity index (χ3n) is 5.47. The Labute approximate surface area is 214 Å². The van der Waals surface area contributed by atoms with E-state index in [4.69, 9.17) is 19.2 Å². The lowest BCUT2D eigenvalue weighted by molar-refractivity contribution is 0.172. The first-order valence-electron chi connectivity index (χ1n) is 11.0. The Hall–Kier alpha value is -2.27. The van der Waals surface area contributed by atoms with Crippen LogP contribution in [0, 0.1) is 6.92 Å². The van der Waals surface area contributed by atoms with Crippen LogP contribution < -0.4 is 19.5 Å². The number of pyridine rings is 1. The van der Waals surface area contributed by atoms with Gasteiger partial charge in [0.1, 0.15) is 0 Å². The average Bonchev–Trinajstić information content (AvgIpc) is 2.81. The van der Waals surface area contributed by atoms with Gasteiger partial charge in [0.25, 0.3) is 0 Å². The number of nitrogens with one attached hydrogen (secondary N) is 1. The molecule has 0 aliphatic carbocycles. The van der Waals surface area contributed by atoms with E-state index in [1.165, 1.54) is 0 Å². The zero-order valence-corrected chi connectivity index (χ0v) is 22.6. The van der Waals surface area contributed by atoms with Crippen molar-refractivity contribution in [1.29, 1.82) is 0 Å². The summed E-state index contributed by atoms with van der Waals surface area (Å²) in [4.78, 5) is 14.1. The summed E-state index contributed by atoms with van der Waals surface area (Å²) in [5.41, 5.74) is 3.14. The monoisotopic (exact) mass is 569 g/mol. The van der Waals surface area contributed by atoms with Crippen molar-refractivity contribution in [2.45, 2.75) is 26.9 Å². The molecule has 8 nitrogen and oxygen atoms in total. The minimum absolute atomic E-state index is 0. The van der Waals surface area contributed by atoms with E-state index in [-0.39, 0.29) is 24.0 Å². The van der Waals surface area contributed by atoms with Crippen molar-refractivity contribution in [2.75, 3.05) is 54.1 Å². The van der Waals surface area contributed by atoms with Gasteiger partial charge in [-0.15, -0.1) is 24.0 Å². The van der Waals surface area contributed by atoms with Gasteiger partial charge in [-0.25, -0.2) is 4.99 Å². The van der Waals surface area contributed by atoms with Crippen molar-refractivity contribution < 1.29 is 14.2 Å². The van der Waals surface area contributed by atoms with Gasteiger partial charge in [-0.3, -0.25) is 9.88 Å². The lowest BCUT2D eigenvalue weighted by Gasteiger charge is -2.36. The number of methoxy groups -OCH3 is 3. The number of halogens is 1. The van der Waals surface area contributed by atoms with E-state index in [1.807, 2.05) is 37.3 Å². The molecule has 1 aromatic carbocycles. The molecule has 182 valence electrons. The summed E-state index contributed by atoms with van der Waals surface area (Å²) in [5.74, 6) is 2.94. The van der Waals surface area contributed by atoms with Gasteiger partial charge in [-0.05, 0) is 43.7 Å². The zero-order valence-electron chi connectivity index (χ0n) is 20.3. The van der Waals surface area contributed by atoms with Crippen LogP contribution in [0.3, 0.4) is 0 Å². The molecule has 1 aliphatic heterocycles. The molecule has 9 heteroatoms. The van der Waals surface area contributed by atoms with Gasteiger partial charge in [0.05, 0.1) is 33.6 Å². The van der Waals surface area contributed by atoms with Crippen LogP contribution in [0.4, 0.5) is 0 Å². The van der Waals surface area contributed by atoms with Crippen LogP contribution in [0.5, 0.6) is 17.2 Å². The van der Waals surface area contributed by atoms with Crippen molar-refractivity contribution >= 4 is 29.9 Å². The summed E-state index contributed by atoms with van der Waals surface area (Å²) >= 11 is 0. The smallest absolute Gasteiger partial charge is 0.203 e. The van der Waals surface area contributed by atoms with Crippen LogP contribution in [0.2, 0.25) is 0 Å². The van der Waals surface area contributed by atoms with Crippen LogP contribution >= 0.6 is 24.0 Å². The fraction of sp³-hybridized carbons (Fsp3) is 0.500. The van der Waals surface area contributed by atoms with Crippen LogP contribution in [0.25, 0.3) is 0 Å². The molecular weight excluding hydrogens is 533 g/mol. The lowest BCUT2D eigenvalue weighted by atomic mass is 10.1. The number of nitrogens with zero attached hydrogens (tertiary/aromatic N) is 4. The maximum Gasteiger partial charge on any atom is 0.203 e. The molecule has 1 fully saturated rings. The maximum absolute atomic E-state index is 5.49. The molecule has 1 saturated heterocycles. The minimum atomic E-state index is 0. The van der Waals surface area contributed by atoms with Crippen molar-refractivity contribution in [3.63, 3.8) is 0 Å². The molecule has 1 aliphatic rings. The predicted octanol–water partition coefficient (Wildman–Crippen LogP) is 3.32. The molecule has 3 rings (SSSR count). The minimum Gasteiger partial charge on any atom is -0.493 e. The first-order chi connectivity index (χ1) is 15.6. The second-order valence-electron chi connectivity index (χ2n) is 7.74.